The zero-order chi connectivity index (χ0) is 5.82. The van der Waals surface area contributed by atoms with Crippen molar-refractivity contribution in [3.05, 3.63) is 11.6 Å². The highest BCUT2D eigenvalue weighted by Crippen LogP contribution is 2.12. The number of aromatic nitrogens is 1. The predicted octanol–water partition coefficient (Wildman–Crippen LogP) is 1.41. The van der Waals surface area contributed by atoms with Gasteiger partial charge in [-0.2, -0.15) is 0 Å². The molecule has 0 bridgehead atoms. The molecule has 0 radical (unpaired) electrons. The maximum absolute atomic E-state index is 4.92. The van der Waals surface area contributed by atoms with Crippen LogP contribution >= 0.6 is 24.0 Å². The molecule has 4 heteroatoms. The maximum Gasteiger partial charge on any atom is 0.273 e. The summed E-state index contributed by atoms with van der Waals surface area (Å²) in [6.07, 6.45) is 1.70. The van der Waals surface area contributed by atoms with Gasteiger partial charge in [-0.3, -0.25) is 0 Å². The molecular weight excluding hydrogens is 142 g/mol. The Kier molecular flexibility index (Phi) is 2.17. The van der Waals surface area contributed by atoms with E-state index in [4.69, 9.17) is 4.74 Å². The number of nitrogens with zero attached hydrogens (tertiary/aromatic N) is 1. The summed E-state index contributed by atoms with van der Waals surface area (Å²) in [6.45, 7) is 0. The van der Waals surface area contributed by atoms with Crippen molar-refractivity contribution in [2.24, 2.45) is 0 Å². The van der Waals surface area contributed by atoms with Gasteiger partial charge in [0.2, 0.25) is 0 Å². The highest BCUT2D eigenvalue weighted by atomic mass is 32.1. The van der Waals surface area contributed by atoms with E-state index in [0.717, 1.165) is 0 Å². The molecule has 1 aromatic heterocycles. The molecule has 0 amide bonds. The molecule has 0 atom stereocenters. The third-order valence-electron chi connectivity index (χ3n) is 0.598. The van der Waals surface area contributed by atoms with Crippen molar-refractivity contribution in [2.45, 2.75) is 0 Å². The van der Waals surface area contributed by atoms with Gasteiger partial charge in [0.1, 0.15) is 5.94 Å². The van der Waals surface area contributed by atoms with Crippen molar-refractivity contribution in [1.29, 1.82) is 0 Å². The highest BCUT2D eigenvalue weighted by molar-refractivity contribution is 7.80. The predicted molar refractivity (Wildman–Crippen MR) is 36.6 cm³/mol. The second-order valence-corrected chi connectivity index (χ2v) is 2.19. The summed E-state index contributed by atoms with van der Waals surface area (Å²) in [5.41, 5.74) is 0. The van der Waals surface area contributed by atoms with Crippen LogP contribution in [0.4, 0.5) is 0 Å². The summed E-state index contributed by atoms with van der Waals surface area (Å²) in [5.74, 6) is 0.396. The topological polar surface area (TPSA) is 22.1 Å². The first-order valence-electron chi connectivity index (χ1n) is 2.06. The zero-order valence-corrected chi connectivity index (χ0v) is 5.78. The van der Waals surface area contributed by atoms with E-state index in [9.17, 15) is 0 Å². The average molecular weight is 147 g/mol. The lowest BCUT2D eigenvalue weighted by Gasteiger charge is -1.91. The molecule has 8 heavy (non-hydrogen) atoms. The van der Waals surface area contributed by atoms with Crippen molar-refractivity contribution >= 4 is 24.0 Å². The summed E-state index contributed by atoms with van der Waals surface area (Å²) in [4.78, 5) is 3.85. The summed E-state index contributed by atoms with van der Waals surface area (Å²) >= 11 is 5.32. The SMILES string of the molecule is SCOc1nccs1. The average Bonchev–Trinajstić information content (AvgIpc) is 2.19. The van der Waals surface area contributed by atoms with Gasteiger partial charge in [0.25, 0.3) is 5.19 Å². The largest absolute Gasteiger partial charge is 0.459 e. The fraction of sp³-hybridized carbons (Fsp3) is 0.250. The Hall–Kier alpha value is -0.220. The van der Waals surface area contributed by atoms with E-state index >= 15 is 0 Å². The molecule has 0 fully saturated rings. The van der Waals surface area contributed by atoms with Gasteiger partial charge >= 0.3 is 0 Å². The van der Waals surface area contributed by atoms with Crippen LogP contribution in [0.25, 0.3) is 0 Å². The van der Waals surface area contributed by atoms with Gasteiger partial charge in [-0.05, 0) is 0 Å². The Morgan fingerprint density at radius 1 is 1.88 bits per heavy atom. The second kappa shape index (κ2) is 2.94. The van der Waals surface area contributed by atoms with Gasteiger partial charge in [-0.25, -0.2) is 4.98 Å². The van der Waals surface area contributed by atoms with Crippen molar-refractivity contribution in [3.8, 4) is 5.19 Å². The van der Waals surface area contributed by atoms with Crippen molar-refractivity contribution < 1.29 is 4.74 Å². The van der Waals surface area contributed by atoms with Gasteiger partial charge in [0.05, 0.1) is 0 Å². The normalized spacial score (nSPS) is 9.12. The lowest BCUT2D eigenvalue weighted by Crippen LogP contribution is -1.85. The first-order valence-corrected chi connectivity index (χ1v) is 3.58. The fourth-order valence-corrected chi connectivity index (χ4v) is 1.03. The molecule has 0 aliphatic rings. The van der Waals surface area contributed by atoms with Crippen LogP contribution in [0.5, 0.6) is 5.19 Å². The molecule has 1 aromatic rings. The van der Waals surface area contributed by atoms with Gasteiger partial charge < -0.3 is 4.74 Å². The van der Waals surface area contributed by atoms with Crippen LogP contribution in [-0.4, -0.2) is 10.9 Å². The van der Waals surface area contributed by atoms with E-state index in [-0.39, 0.29) is 0 Å². The molecule has 2 nitrogen and oxygen atoms in total. The number of thiol groups is 1. The van der Waals surface area contributed by atoms with Gasteiger partial charge in [0, 0.05) is 11.6 Å². The third kappa shape index (κ3) is 1.38. The van der Waals surface area contributed by atoms with Crippen molar-refractivity contribution in [3.63, 3.8) is 0 Å². The van der Waals surface area contributed by atoms with Crippen LogP contribution in [0.1, 0.15) is 0 Å². The number of thiazole rings is 1. The molecule has 1 heterocycles. The first-order chi connectivity index (χ1) is 3.93. The standard InChI is InChI=1S/C4H5NOS2/c7-3-6-4-5-1-2-8-4/h1-2,7H,3H2. The Balaban J connectivity index is 2.50. The smallest absolute Gasteiger partial charge is 0.273 e. The Bertz CT molecular complexity index is 140. The Morgan fingerprint density at radius 3 is 3.25 bits per heavy atom. The molecule has 44 valence electrons. The second-order valence-electron chi connectivity index (χ2n) is 1.07. The molecule has 0 unspecified atom stereocenters. The van der Waals surface area contributed by atoms with Crippen LogP contribution < -0.4 is 4.74 Å². The van der Waals surface area contributed by atoms with E-state index in [1.807, 2.05) is 5.38 Å². The monoisotopic (exact) mass is 147 g/mol. The number of hydrogen-bond acceptors (Lipinski definition) is 4. The molecular formula is C4H5NOS2. The quantitative estimate of drug-likeness (QED) is 0.504. The van der Waals surface area contributed by atoms with Crippen LogP contribution in [0, 0.1) is 0 Å². The van der Waals surface area contributed by atoms with E-state index < -0.39 is 0 Å². The minimum absolute atomic E-state index is 0.396. The summed E-state index contributed by atoms with van der Waals surface area (Å²) in [6, 6.07) is 0. The summed E-state index contributed by atoms with van der Waals surface area (Å²) in [5, 5.41) is 2.54. The first kappa shape index (κ1) is 5.91. The molecule has 1 rings (SSSR count). The van der Waals surface area contributed by atoms with Gasteiger partial charge in [0.15, 0.2) is 0 Å². The molecule has 0 aliphatic heterocycles. The van der Waals surface area contributed by atoms with E-state index in [0.29, 0.717) is 11.1 Å². The Labute approximate surface area is 56.9 Å². The zero-order valence-electron chi connectivity index (χ0n) is 4.07. The number of rotatable bonds is 2. The molecule has 0 saturated heterocycles. The van der Waals surface area contributed by atoms with E-state index in [1.54, 1.807) is 6.20 Å². The summed E-state index contributed by atoms with van der Waals surface area (Å²) < 4.78 is 4.92. The molecule has 0 aromatic carbocycles. The third-order valence-corrected chi connectivity index (χ3v) is 1.41. The van der Waals surface area contributed by atoms with Crippen LogP contribution in [0.3, 0.4) is 0 Å². The summed E-state index contributed by atoms with van der Waals surface area (Å²) in [7, 11) is 0. The highest BCUT2D eigenvalue weighted by Gasteiger charge is 1.89. The minimum atomic E-state index is 0.396. The fourth-order valence-electron chi connectivity index (χ4n) is 0.337. The van der Waals surface area contributed by atoms with Crippen molar-refractivity contribution in [2.75, 3.05) is 5.94 Å². The maximum atomic E-state index is 4.92. The molecule has 0 N–H and O–H groups in total. The van der Waals surface area contributed by atoms with Crippen molar-refractivity contribution in [1.82, 2.24) is 4.98 Å². The van der Waals surface area contributed by atoms with Crippen LogP contribution in [0.2, 0.25) is 0 Å². The van der Waals surface area contributed by atoms with Crippen LogP contribution in [0.15, 0.2) is 11.6 Å². The molecule has 0 aliphatic carbocycles. The molecule has 0 saturated carbocycles. The van der Waals surface area contributed by atoms with Crippen LogP contribution in [-0.2, 0) is 0 Å². The minimum Gasteiger partial charge on any atom is -0.459 e. The van der Waals surface area contributed by atoms with E-state index in [2.05, 4.69) is 17.6 Å². The number of hydrogen-bond donors (Lipinski definition) is 1. The van der Waals surface area contributed by atoms with Gasteiger partial charge in [-0.1, -0.05) is 11.3 Å². The Morgan fingerprint density at radius 2 is 2.75 bits per heavy atom. The van der Waals surface area contributed by atoms with Gasteiger partial charge in [-0.15, -0.1) is 12.6 Å². The number of ether oxygens (including phenoxy) is 1. The molecule has 0 spiro atoms. The lowest BCUT2D eigenvalue weighted by atomic mass is 11.0. The van der Waals surface area contributed by atoms with E-state index in [1.165, 1.54) is 11.3 Å². The lowest BCUT2D eigenvalue weighted by molar-refractivity contribution is 0.392.